The Balaban J connectivity index is 1.59. The van der Waals surface area contributed by atoms with Gasteiger partial charge in [0.1, 0.15) is 11.6 Å². The van der Waals surface area contributed by atoms with E-state index in [0.29, 0.717) is 27.8 Å². The van der Waals surface area contributed by atoms with Crippen LogP contribution < -0.4 is 5.56 Å². The number of hydrogen-bond acceptors (Lipinski definition) is 4. The number of benzene rings is 3. The molecule has 2 heterocycles. The molecule has 5 rings (SSSR count). The molecular weight excluding hydrogens is 538 g/mol. The highest BCUT2D eigenvalue weighted by Crippen LogP contribution is 2.30. The van der Waals surface area contributed by atoms with Gasteiger partial charge in [-0.1, -0.05) is 24.3 Å². The van der Waals surface area contributed by atoms with E-state index in [1.807, 2.05) is 0 Å². The standard InChI is InChI=1S/C30H25F4N5O2/c1-19(28-36-26-6-4-3-5-25(26)29(41)39(28)24-13-11-22(31)12-14-24)38(17-23-16-37(2)18-35-23)27(40)15-20-7-9-21(10-8-20)30(32,33)34/h3-14,16,18-19H,15,17H2,1-2H3. The summed E-state index contributed by atoms with van der Waals surface area (Å²) in [6.45, 7) is 1.76. The fourth-order valence-corrected chi connectivity index (χ4v) is 4.66. The van der Waals surface area contributed by atoms with E-state index in [1.54, 1.807) is 55.3 Å². The van der Waals surface area contributed by atoms with Gasteiger partial charge in [0.05, 0.1) is 53.2 Å². The summed E-state index contributed by atoms with van der Waals surface area (Å²) in [4.78, 5) is 38.1. The summed E-state index contributed by atoms with van der Waals surface area (Å²) in [5.41, 5.74) is 0.545. The Morgan fingerprint density at radius 1 is 1.00 bits per heavy atom. The van der Waals surface area contributed by atoms with Crippen molar-refractivity contribution in [2.24, 2.45) is 7.05 Å². The molecule has 0 bridgehead atoms. The maximum Gasteiger partial charge on any atom is 0.416 e. The lowest BCUT2D eigenvalue weighted by molar-refractivity contribution is -0.137. The number of carbonyl (C=O) groups is 1. The highest BCUT2D eigenvalue weighted by atomic mass is 19.4. The minimum Gasteiger partial charge on any atom is -0.340 e. The van der Waals surface area contributed by atoms with Crippen LogP contribution in [-0.2, 0) is 31.0 Å². The molecule has 0 N–H and O–H groups in total. The smallest absolute Gasteiger partial charge is 0.340 e. The van der Waals surface area contributed by atoms with Crippen LogP contribution in [0.3, 0.4) is 0 Å². The summed E-state index contributed by atoms with van der Waals surface area (Å²) < 4.78 is 56.0. The first-order chi connectivity index (χ1) is 19.5. The summed E-state index contributed by atoms with van der Waals surface area (Å²) >= 11 is 0. The number of halogens is 4. The second-order valence-electron chi connectivity index (χ2n) is 9.70. The number of alkyl halides is 3. The fourth-order valence-electron chi connectivity index (χ4n) is 4.66. The zero-order chi connectivity index (χ0) is 29.3. The summed E-state index contributed by atoms with van der Waals surface area (Å²) in [6, 6.07) is 15.8. The third-order valence-electron chi connectivity index (χ3n) is 6.78. The first kappa shape index (κ1) is 27.8. The molecule has 0 aliphatic carbocycles. The van der Waals surface area contributed by atoms with Crippen LogP contribution in [0.25, 0.3) is 16.6 Å². The number of para-hydroxylation sites is 1. The van der Waals surface area contributed by atoms with E-state index in [1.165, 1.54) is 45.9 Å². The van der Waals surface area contributed by atoms with Gasteiger partial charge in [0.2, 0.25) is 5.91 Å². The van der Waals surface area contributed by atoms with Crippen LogP contribution >= 0.6 is 0 Å². The molecule has 210 valence electrons. The van der Waals surface area contributed by atoms with E-state index < -0.39 is 35.1 Å². The summed E-state index contributed by atoms with van der Waals surface area (Å²) in [6.07, 6.45) is -1.36. The molecule has 2 aromatic heterocycles. The van der Waals surface area contributed by atoms with Gasteiger partial charge in [0, 0.05) is 13.2 Å². The first-order valence-corrected chi connectivity index (χ1v) is 12.7. The highest BCUT2D eigenvalue weighted by Gasteiger charge is 2.31. The van der Waals surface area contributed by atoms with Crippen molar-refractivity contribution >= 4 is 16.8 Å². The number of fused-ring (bicyclic) bond motifs is 1. The third kappa shape index (κ3) is 5.88. The maximum absolute atomic E-state index is 13.8. The van der Waals surface area contributed by atoms with Gasteiger partial charge in [-0.05, 0) is 61.0 Å². The number of amides is 1. The summed E-state index contributed by atoms with van der Waals surface area (Å²) in [7, 11) is 1.78. The summed E-state index contributed by atoms with van der Waals surface area (Å²) in [5, 5.41) is 0.347. The van der Waals surface area contributed by atoms with Crippen molar-refractivity contribution < 1.29 is 22.4 Å². The topological polar surface area (TPSA) is 73.0 Å². The molecule has 7 nitrogen and oxygen atoms in total. The van der Waals surface area contributed by atoms with Gasteiger partial charge in [0.15, 0.2) is 0 Å². The molecule has 0 aliphatic rings. The Labute approximate surface area is 232 Å². The van der Waals surface area contributed by atoms with Crippen LogP contribution in [-0.4, -0.2) is 29.9 Å². The van der Waals surface area contributed by atoms with Crippen molar-refractivity contribution in [3.63, 3.8) is 0 Å². The highest BCUT2D eigenvalue weighted by molar-refractivity contribution is 5.80. The fraction of sp³-hybridized carbons (Fsp3) is 0.200. The molecule has 0 fully saturated rings. The van der Waals surface area contributed by atoms with E-state index in [0.717, 1.165) is 12.1 Å². The maximum atomic E-state index is 13.8. The van der Waals surface area contributed by atoms with Crippen LogP contribution in [0.15, 0.2) is 90.1 Å². The molecule has 1 amide bonds. The van der Waals surface area contributed by atoms with Crippen molar-refractivity contribution in [3.05, 3.63) is 124 Å². The van der Waals surface area contributed by atoms with Gasteiger partial charge in [-0.3, -0.25) is 14.2 Å². The lowest BCUT2D eigenvalue weighted by atomic mass is 10.1. The predicted molar refractivity (Wildman–Crippen MR) is 145 cm³/mol. The Bertz CT molecular complexity index is 1760. The van der Waals surface area contributed by atoms with E-state index in [2.05, 4.69) is 4.98 Å². The third-order valence-corrected chi connectivity index (χ3v) is 6.78. The van der Waals surface area contributed by atoms with Crippen LogP contribution in [0.4, 0.5) is 17.6 Å². The van der Waals surface area contributed by atoms with Gasteiger partial charge >= 0.3 is 6.18 Å². The lowest BCUT2D eigenvalue weighted by Crippen LogP contribution is -2.38. The predicted octanol–water partition coefficient (Wildman–Crippen LogP) is 5.61. The zero-order valence-corrected chi connectivity index (χ0v) is 22.1. The molecule has 0 aliphatic heterocycles. The summed E-state index contributed by atoms with van der Waals surface area (Å²) in [5.74, 6) is -0.651. The van der Waals surface area contributed by atoms with Crippen LogP contribution in [0.2, 0.25) is 0 Å². The number of aryl methyl sites for hydroxylation is 1. The largest absolute Gasteiger partial charge is 0.416 e. The molecule has 0 spiro atoms. The van der Waals surface area contributed by atoms with E-state index in [-0.39, 0.29) is 18.8 Å². The zero-order valence-electron chi connectivity index (χ0n) is 22.1. The van der Waals surface area contributed by atoms with Gasteiger partial charge < -0.3 is 9.47 Å². The Morgan fingerprint density at radius 2 is 1.68 bits per heavy atom. The molecule has 1 atom stereocenters. The minimum absolute atomic E-state index is 0.0492. The molecule has 3 aromatic carbocycles. The monoisotopic (exact) mass is 563 g/mol. The normalized spacial score (nSPS) is 12.4. The minimum atomic E-state index is -4.49. The van der Waals surface area contributed by atoms with Gasteiger partial charge in [0.25, 0.3) is 5.56 Å². The Kier molecular flexibility index (Phi) is 7.44. The lowest BCUT2D eigenvalue weighted by Gasteiger charge is -2.30. The number of aromatic nitrogens is 4. The molecule has 41 heavy (non-hydrogen) atoms. The molecule has 0 radical (unpaired) electrons. The molecule has 1 unspecified atom stereocenters. The quantitative estimate of drug-likeness (QED) is 0.242. The van der Waals surface area contributed by atoms with E-state index in [9.17, 15) is 27.2 Å². The average molecular weight is 564 g/mol. The molecule has 11 heteroatoms. The number of imidazole rings is 1. The van der Waals surface area contributed by atoms with Crippen LogP contribution in [0.1, 0.15) is 35.6 Å². The first-order valence-electron chi connectivity index (χ1n) is 12.7. The molecular formula is C30H25F4N5O2. The second-order valence-corrected chi connectivity index (χ2v) is 9.70. The second kappa shape index (κ2) is 11.0. The van der Waals surface area contributed by atoms with Gasteiger partial charge in [-0.25, -0.2) is 14.4 Å². The van der Waals surface area contributed by atoms with Gasteiger partial charge in [-0.2, -0.15) is 13.2 Å². The number of hydrogen-bond donors (Lipinski definition) is 0. The van der Waals surface area contributed by atoms with Crippen LogP contribution in [0.5, 0.6) is 0 Å². The number of carbonyl (C=O) groups excluding carboxylic acids is 1. The Morgan fingerprint density at radius 3 is 2.32 bits per heavy atom. The van der Waals surface area contributed by atoms with Crippen molar-refractivity contribution in [2.45, 2.75) is 32.1 Å². The van der Waals surface area contributed by atoms with Crippen molar-refractivity contribution in [1.29, 1.82) is 0 Å². The van der Waals surface area contributed by atoms with Crippen molar-refractivity contribution in [1.82, 2.24) is 24.0 Å². The SMILES string of the molecule is CC(c1nc2ccccc2c(=O)n1-c1ccc(F)cc1)N(Cc1cn(C)cn1)C(=O)Cc1ccc(C(F)(F)F)cc1. The van der Waals surface area contributed by atoms with E-state index >= 15 is 0 Å². The Hall–Kier alpha value is -4.80. The number of rotatable bonds is 7. The molecule has 0 saturated heterocycles. The molecule has 5 aromatic rings. The van der Waals surface area contributed by atoms with Crippen molar-refractivity contribution in [3.8, 4) is 5.69 Å². The average Bonchev–Trinajstić information content (AvgIpc) is 3.36. The number of nitrogens with zero attached hydrogens (tertiary/aromatic N) is 5. The van der Waals surface area contributed by atoms with Gasteiger partial charge in [-0.15, -0.1) is 0 Å². The van der Waals surface area contributed by atoms with E-state index in [4.69, 9.17) is 4.98 Å². The van der Waals surface area contributed by atoms with Crippen molar-refractivity contribution in [2.75, 3.05) is 0 Å². The van der Waals surface area contributed by atoms with Crippen LogP contribution in [0, 0.1) is 5.82 Å². The molecule has 0 saturated carbocycles.